The Morgan fingerprint density at radius 3 is 1.55 bits per heavy atom. The van der Waals surface area contributed by atoms with Crippen LogP contribution in [0.2, 0.25) is 0 Å². The van der Waals surface area contributed by atoms with Gasteiger partial charge in [-0.25, -0.2) is 0 Å². The second kappa shape index (κ2) is 18.8. The van der Waals surface area contributed by atoms with Crippen molar-refractivity contribution in [3.63, 3.8) is 0 Å². The first-order chi connectivity index (χ1) is 14.3. The van der Waals surface area contributed by atoms with Gasteiger partial charge in [-0.1, -0.05) is 54.4 Å². The van der Waals surface area contributed by atoms with Gasteiger partial charge in [0.05, 0.1) is 19.1 Å². The van der Waals surface area contributed by atoms with Crippen molar-refractivity contribution >= 4 is 23.5 Å². The molecule has 8 heteroatoms. The fourth-order valence-electron chi connectivity index (χ4n) is 2.71. The zero-order valence-corrected chi connectivity index (χ0v) is 22.0. The van der Waals surface area contributed by atoms with Gasteiger partial charge in [0.2, 0.25) is 17.7 Å². The molecule has 0 aliphatic carbocycles. The number of amides is 3. The lowest BCUT2D eigenvalue weighted by molar-refractivity contribution is -0.147. The van der Waals surface area contributed by atoms with Gasteiger partial charge in [0, 0.05) is 21.1 Å². The Morgan fingerprint density at radius 2 is 1.23 bits per heavy atom. The average Bonchev–Trinajstić information content (AvgIpc) is 2.66. The molecular weight excluding hydrogens is 396 g/mol. The Hall–Kier alpha value is -1.96. The first kappa shape index (κ1) is 33.7. The highest BCUT2D eigenvalue weighted by atomic mass is 16.2. The van der Waals surface area contributed by atoms with E-state index in [1.807, 2.05) is 13.8 Å². The van der Waals surface area contributed by atoms with E-state index in [-0.39, 0.29) is 42.5 Å². The second-order valence-electron chi connectivity index (χ2n) is 8.12. The van der Waals surface area contributed by atoms with Crippen LogP contribution in [0.5, 0.6) is 0 Å². The van der Waals surface area contributed by atoms with Crippen LogP contribution in [0.15, 0.2) is 0 Å². The number of carbonyl (C=O) groups excluding carboxylic acids is 4. The van der Waals surface area contributed by atoms with Gasteiger partial charge in [-0.3, -0.25) is 19.2 Å². The maximum absolute atomic E-state index is 12.5. The number of nitrogens with zero attached hydrogens (tertiary/aromatic N) is 3. The van der Waals surface area contributed by atoms with Crippen LogP contribution >= 0.6 is 0 Å². The molecule has 0 aromatic heterocycles. The van der Waals surface area contributed by atoms with E-state index in [0.717, 1.165) is 0 Å². The topological polar surface area (TPSA) is 90.0 Å². The Kier molecular flexibility index (Phi) is 20.4. The van der Waals surface area contributed by atoms with Crippen molar-refractivity contribution < 1.29 is 19.2 Å². The summed E-state index contributed by atoms with van der Waals surface area (Å²) in [5.74, 6) is -0.974. The van der Waals surface area contributed by atoms with Gasteiger partial charge in [-0.15, -0.1) is 0 Å². The van der Waals surface area contributed by atoms with Crippen molar-refractivity contribution in [3.05, 3.63) is 0 Å². The summed E-state index contributed by atoms with van der Waals surface area (Å²) >= 11 is 0. The number of ketones is 1. The number of rotatable bonds is 9. The van der Waals surface area contributed by atoms with Crippen LogP contribution in [-0.2, 0) is 19.2 Å². The molecule has 0 aromatic rings. The molecule has 0 aromatic carbocycles. The van der Waals surface area contributed by atoms with Crippen molar-refractivity contribution in [3.8, 4) is 0 Å². The quantitative estimate of drug-likeness (QED) is 0.590. The Bertz CT molecular complexity index is 536. The minimum absolute atomic E-state index is 0.0170. The number of hydrogen-bond donors (Lipinski definition) is 1. The van der Waals surface area contributed by atoms with E-state index in [1.54, 1.807) is 28.1 Å². The lowest BCUT2D eigenvalue weighted by Crippen LogP contribution is -2.52. The molecule has 2 atom stereocenters. The van der Waals surface area contributed by atoms with E-state index in [9.17, 15) is 19.2 Å². The fraction of sp³-hybridized carbons (Fsp3) is 0.826. The molecule has 0 rings (SSSR count). The smallest absolute Gasteiger partial charge is 0.245 e. The molecule has 3 amide bonds. The van der Waals surface area contributed by atoms with Gasteiger partial charge in [-0.05, 0) is 26.8 Å². The maximum atomic E-state index is 12.5. The fourth-order valence-corrected chi connectivity index (χ4v) is 2.71. The molecule has 1 N–H and O–H groups in total. The predicted octanol–water partition coefficient (Wildman–Crippen LogP) is 2.42. The van der Waals surface area contributed by atoms with Gasteiger partial charge < -0.3 is 20.0 Å². The summed E-state index contributed by atoms with van der Waals surface area (Å²) in [4.78, 5) is 52.5. The SMILES string of the molecule is CCC.CCC.CNCC(=O)N(C)C(C)C(=O)N(C)CC(=O)N(C)C(C(C)=O)C(C)C. The number of Topliss-reactive ketones (excluding diaryl/α,β-unsaturated/α-hetero) is 1. The highest BCUT2D eigenvalue weighted by Crippen LogP contribution is 2.11. The van der Waals surface area contributed by atoms with Crippen LogP contribution in [0.1, 0.15) is 68.2 Å². The minimum Gasteiger partial charge on any atom is -0.335 e. The molecular formula is C23H48N4O4. The minimum atomic E-state index is -0.683. The zero-order valence-electron chi connectivity index (χ0n) is 22.0. The normalized spacial score (nSPS) is 11.8. The molecule has 0 spiro atoms. The summed E-state index contributed by atoms with van der Waals surface area (Å²) < 4.78 is 0. The second-order valence-corrected chi connectivity index (χ2v) is 8.12. The average molecular weight is 445 g/mol. The standard InChI is InChI=1S/C17H32N4O4.2C3H8/c1-11(2)16(13(4)22)21(8)15(24)10-19(6)17(25)12(3)20(7)14(23)9-18-5;2*1-3-2/h11-12,16,18H,9-10H2,1-8H3;2*3H2,1-2H3. The van der Waals surface area contributed by atoms with Gasteiger partial charge >= 0.3 is 0 Å². The van der Waals surface area contributed by atoms with E-state index in [2.05, 4.69) is 33.0 Å². The number of carbonyl (C=O) groups is 4. The molecule has 2 unspecified atom stereocenters. The van der Waals surface area contributed by atoms with E-state index in [0.29, 0.717) is 0 Å². The summed E-state index contributed by atoms with van der Waals surface area (Å²) in [5.41, 5.74) is 0. The summed E-state index contributed by atoms with van der Waals surface area (Å²) in [6.07, 6.45) is 2.50. The van der Waals surface area contributed by atoms with Crippen LogP contribution < -0.4 is 5.32 Å². The molecule has 31 heavy (non-hydrogen) atoms. The molecule has 0 aliphatic rings. The Labute approximate surface area is 190 Å². The van der Waals surface area contributed by atoms with Crippen LogP contribution in [0.3, 0.4) is 0 Å². The molecule has 0 saturated heterocycles. The first-order valence-corrected chi connectivity index (χ1v) is 11.2. The highest BCUT2D eigenvalue weighted by molar-refractivity contribution is 5.92. The van der Waals surface area contributed by atoms with Gasteiger partial charge in [0.25, 0.3) is 0 Å². The molecule has 184 valence electrons. The van der Waals surface area contributed by atoms with Crippen molar-refractivity contribution in [2.45, 2.75) is 80.3 Å². The molecule has 0 bridgehead atoms. The maximum Gasteiger partial charge on any atom is 0.245 e. The third-order valence-electron chi connectivity index (χ3n) is 4.27. The largest absolute Gasteiger partial charge is 0.335 e. The Morgan fingerprint density at radius 1 is 0.806 bits per heavy atom. The monoisotopic (exact) mass is 444 g/mol. The van der Waals surface area contributed by atoms with Crippen LogP contribution in [0, 0.1) is 5.92 Å². The number of hydrogen-bond acceptors (Lipinski definition) is 5. The highest BCUT2D eigenvalue weighted by Gasteiger charge is 2.30. The predicted molar refractivity (Wildman–Crippen MR) is 128 cm³/mol. The van der Waals surface area contributed by atoms with Crippen molar-refractivity contribution in [1.82, 2.24) is 20.0 Å². The van der Waals surface area contributed by atoms with Crippen molar-refractivity contribution in [2.75, 3.05) is 41.3 Å². The van der Waals surface area contributed by atoms with Gasteiger partial charge in [0.15, 0.2) is 5.78 Å². The summed E-state index contributed by atoms with van der Waals surface area (Å²) in [6, 6.07) is -1.20. The van der Waals surface area contributed by atoms with Gasteiger partial charge in [0.1, 0.15) is 6.04 Å². The summed E-state index contributed by atoms with van der Waals surface area (Å²) in [5, 5.41) is 2.74. The van der Waals surface area contributed by atoms with Crippen molar-refractivity contribution in [1.29, 1.82) is 0 Å². The molecule has 0 aliphatic heterocycles. The van der Waals surface area contributed by atoms with Crippen LogP contribution in [0.25, 0.3) is 0 Å². The van der Waals surface area contributed by atoms with E-state index < -0.39 is 12.1 Å². The number of nitrogens with one attached hydrogen (secondary N) is 1. The number of likely N-dealkylation sites (N-methyl/N-ethyl adjacent to an activating group) is 4. The molecule has 0 fully saturated rings. The van der Waals surface area contributed by atoms with Crippen LogP contribution in [-0.4, -0.2) is 91.6 Å². The third kappa shape index (κ3) is 13.9. The van der Waals surface area contributed by atoms with E-state index >= 15 is 0 Å². The third-order valence-corrected chi connectivity index (χ3v) is 4.27. The molecule has 0 saturated carbocycles. The van der Waals surface area contributed by atoms with Crippen LogP contribution in [0.4, 0.5) is 0 Å². The zero-order chi connectivity index (χ0) is 25.3. The summed E-state index contributed by atoms with van der Waals surface area (Å²) in [6.45, 7) is 15.3. The Balaban J connectivity index is -0.00000116. The summed E-state index contributed by atoms with van der Waals surface area (Å²) in [7, 11) is 6.28. The molecule has 8 nitrogen and oxygen atoms in total. The molecule has 0 radical (unpaired) electrons. The lowest BCUT2D eigenvalue weighted by atomic mass is 9.99. The van der Waals surface area contributed by atoms with Crippen molar-refractivity contribution in [2.24, 2.45) is 5.92 Å². The first-order valence-electron chi connectivity index (χ1n) is 11.2. The lowest BCUT2D eigenvalue weighted by Gasteiger charge is -2.32. The van der Waals surface area contributed by atoms with E-state index in [1.165, 1.54) is 41.5 Å². The molecule has 0 heterocycles. The van der Waals surface area contributed by atoms with E-state index in [4.69, 9.17) is 0 Å². The van der Waals surface area contributed by atoms with Gasteiger partial charge in [-0.2, -0.15) is 0 Å².